The van der Waals surface area contributed by atoms with Gasteiger partial charge in [0.2, 0.25) is 21.8 Å². The SMILES string of the molecule is CN(C)CC(=O)N[C@H]1CCN(S(=O)(=O)c2cccc3c(O)ncc(Cl)c23)C1. The Labute approximate surface area is 162 Å². The summed E-state index contributed by atoms with van der Waals surface area (Å²) in [5, 5.41) is 13.5. The van der Waals surface area contributed by atoms with E-state index in [9.17, 15) is 18.3 Å². The highest BCUT2D eigenvalue weighted by Gasteiger charge is 2.34. The highest BCUT2D eigenvalue weighted by atomic mass is 35.5. The molecule has 1 aromatic carbocycles. The van der Waals surface area contributed by atoms with Crippen LogP contribution in [-0.4, -0.2) is 73.4 Å². The summed E-state index contributed by atoms with van der Waals surface area (Å²) in [5.74, 6) is -0.421. The second-order valence-electron chi connectivity index (χ2n) is 6.76. The highest BCUT2D eigenvalue weighted by Crippen LogP contribution is 2.35. The van der Waals surface area contributed by atoms with E-state index in [4.69, 9.17) is 11.6 Å². The van der Waals surface area contributed by atoms with Crippen molar-refractivity contribution in [1.82, 2.24) is 19.5 Å². The zero-order valence-corrected chi connectivity index (χ0v) is 16.6. The number of carbonyl (C=O) groups excluding carboxylic acids is 1. The Kier molecular flexibility index (Phi) is 5.57. The molecule has 27 heavy (non-hydrogen) atoms. The maximum absolute atomic E-state index is 13.2. The molecule has 1 aliphatic heterocycles. The zero-order chi connectivity index (χ0) is 19.8. The minimum atomic E-state index is -3.85. The van der Waals surface area contributed by atoms with Crippen LogP contribution in [0.15, 0.2) is 29.3 Å². The first-order valence-corrected chi connectivity index (χ1v) is 10.2. The number of pyridine rings is 1. The van der Waals surface area contributed by atoms with Gasteiger partial charge in [0.15, 0.2) is 0 Å². The molecular formula is C17H21ClN4O4S. The van der Waals surface area contributed by atoms with Crippen LogP contribution in [0.1, 0.15) is 6.42 Å². The summed E-state index contributed by atoms with van der Waals surface area (Å²) in [6.45, 7) is 0.724. The average Bonchev–Trinajstić information content (AvgIpc) is 3.06. The number of likely N-dealkylation sites (N-methyl/N-ethyl adjacent to an activating group) is 1. The van der Waals surface area contributed by atoms with E-state index in [-0.39, 0.29) is 51.6 Å². The number of fused-ring (bicyclic) bond motifs is 1. The van der Waals surface area contributed by atoms with Gasteiger partial charge < -0.3 is 15.3 Å². The van der Waals surface area contributed by atoms with Crippen molar-refractivity contribution in [3.05, 3.63) is 29.4 Å². The van der Waals surface area contributed by atoms with Gasteiger partial charge in [0.1, 0.15) is 0 Å². The molecule has 8 nitrogen and oxygen atoms in total. The maximum Gasteiger partial charge on any atom is 0.243 e. The summed E-state index contributed by atoms with van der Waals surface area (Å²) in [6, 6.07) is 4.32. The number of benzene rings is 1. The topological polar surface area (TPSA) is 103 Å². The quantitative estimate of drug-likeness (QED) is 0.760. The Morgan fingerprint density at radius 2 is 2.19 bits per heavy atom. The van der Waals surface area contributed by atoms with Crippen LogP contribution in [0.2, 0.25) is 5.02 Å². The van der Waals surface area contributed by atoms with E-state index in [1.807, 2.05) is 0 Å². The number of sulfonamides is 1. The number of hydrogen-bond donors (Lipinski definition) is 2. The number of aromatic nitrogens is 1. The third-order valence-corrected chi connectivity index (χ3v) is 6.59. The number of halogens is 1. The Morgan fingerprint density at radius 1 is 1.44 bits per heavy atom. The van der Waals surface area contributed by atoms with Crippen molar-refractivity contribution in [2.45, 2.75) is 17.4 Å². The normalized spacial score (nSPS) is 18.3. The first-order valence-electron chi connectivity index (χ1n) is 8.40. The van der Waals surface area contributed by atoms with Gasteiger partial charge in [0.05, 0.1) is 22.7 Å². The van der Waals surface area contributed by atoms with E-state index in [1.54, 1.807) is 31.1 Å². The molecule has 0 aliphatic carbocycles. The summed E-state index contributed by atoms with van der Waals surface area (Å²) < 4.78 is 27.7. The predicted molar refractivity (Wildman–Crippen MR) is 102 cm³/mol. The molecule has 3 rings (SSSR count). The van der Waals surface area contributed by atoms with Gasteiger partial charge in [-0.25, -0.2) is 13.4 Å². The molecule has 1 amide bonds. The van der Waals surface area contributed by atoms with Crippen LogP contribution < -0.4 is 5.32 Å². The Morgan fingerprint density at radius 3 is 2.89 bits per heavy atom. The fourth-order valence-electron chi connectivity index (χ4n) is 3.19. The molecule has 0 bridgehead atoms. The summed E-state index contributed by atoms with van der Waals surface area (Å²) in [6.07, 6.45) is 1.76. The molecule has 0 saturated carbocycles. The second-order valence-corrected chi connectivity index (χ2v) is 9.08. The van der Waals surface area contributed by atoms with Gasteiger partial charge in [-0.2, -0.15) is 4.31 Å². The number of nitrogens with zero attached hydrogens (tertiary/aromatic N) is 3. The van der Waals surface area contributed by atoms with Crippen molar-refractivity contribution in [2.75, 3.05) is 33.7 Å². The molecule has 2 heterocycles. The third-order valence-electron chi connectivity index (χ3n) is 4.40. The summed E-state index contributed by atoms with van der Waals surface area (Å²) >= 11 is 6.17. The van der Waals surface area contributed by atoms with Gasteiger partial charge in [-0.15, -0.1) is 0 Å². The number of rotatable bonds is 5. The van der Waals surface area contributed by atoms with E-state index in [0.29, 0.717) is 13.0 Å². The van der Waals surface area contributed by atoms with E-state index < -0.39 is 10.0 Å². The van der Waals surface area contributed by atoms with Crippen LogP contribution in [-0.2, 0) is 14.8 Å². The Hall–Kier alpha value is -1.94. The lowest BCUT2D eigenvalue weighted by Crippen LogP contribution is -2.42. The fourth-order valence-corrected chi connectivity index (χ4v) is 5.23. The van der Waals surface area contributed by atoms with E-state index in [0.717, 1.165) is 0 Å². The Bertz CT molecular complexity index is 980. The molecule has 0 spiro atoms. The highest BCUT2D eigenvalue weighted by molar-refractivity contribution is 7.89. The first-order chi connectivity index (χ1) is 12.7. The summed E-state index contributed by atoms with van der Waals surface area (Å²) in [5.41, 5.74) is 0. The van der Waals surface area contributed by atoms with Crippen LogP contribution in [0.3, 0.4) is 0 Å². The second kappa shape index (κ2) is 7.59. The number of amides is 1. The van der Waals surface area contributed by atoms with Crippen molar-refractivity contribution in [3.63, 3.8) is 0 Å². The first kappa shape index (κ1) is 19.8. The molecule has 146 valence electrons. The molecule has 1 atom stereocenters. The minimum Gasteiger partial charge on any atom is -0.493 e. The lowest BCUT2D eigenvalue weighted by Gasteiger charge is -2.19. The maximum atomic E-state index is 13.2. The van der Waals surface area contributed by atoms with Gasteiger partial charge in [-0.05, 0) is 32.6 Å². The number of nitrogens with one attached hydrogen (secondary N) is 1. The van der Waals surface area contributed by atoms with Gasteiger partial charge >= 0.3 is 0 Å². The number of aromatic hydroxyl groups is 1. The number of carbonyl (C=O) groups is 1. The molecule has 2 N–H and O–H groups in total. The van der Waals surface area contributed by atoms with Crippen molar-refractivity contribution < 1.29 is 18.3 Å². The lowest BCUT2D eigenvalue weighted by molar-refractivity contribution is -0.122. The van der Waals surface area contributed by atoms with Gasteiger partial charge in [0, 0.05) is 29.9 Å². The van der Waals surface area contributed by atoms with Crippen molar-refractivity contribution in [2.24, 2.45) is 0 Å². The van der Waals surface area contributed by atoms with Crippen LogP contribution in [0.25, 0.3) is 10.8 Å². The minimum absolute atomic E-state index is 0.0166. The predicted octanol–water partition coefficient (Wildman–Crippen LogP) is 1.03. The van der Waals surface area contributed by atoms with Crippen molar-refractivity contribution in [1.29, 1.82) is 0 Å². The van der Waals surface area contributed by atoms with Crippen molar-refractivity contribution in [3.8, 4) is 5.88 Å². The van der Waals surface area contributed by atoms with Gasteiger partial charge in [0.25, 0.3) is 0 Å². The Balaban J connectivity index is 1.87. The average molecular weight is 413 g/mol. The smallest absolute Gasteiger partial charge is 0.243 e. The molecule has 10 heteroatoms. The van der Waals surface area contributed by atoms with Crippen LogP contribution >= 0.6 is 11.6 Å². The van der Waals surface area contributed by atoms with Crippen molar-refractivity contribution >= 4 is 38.3 Å². The molecule has 0 radical (unpaired) electrons. The molecule has 2 aromatic rings. The monoisotopic (exact) mass is 412 g/mol. The largest absolute Gasteiger partial charge is 0.493 e. The van der Waals surface area contributed by atoms with Crippen LogP contribution in [0.5, 0.6) is 5.88 Å². The van der Waals surface area contributed by atoms with E-state index in [1.165, 1.54) is 16.6 Å². The summed E-state index contributed by atoms with van der Waals surface area (Å²) in [4.78, 5) is 17.4. The molecule has 0 unspecified atom stereocenters. The molecule has 1 aromatic heterocycles. The van der Waals surface area contributed by atoms with Crippen LogP contribution in [0.4, 0.5) is 0 Å². The molecular weight excluding hydrogens is 392 g/mol. The summed E-state index contributed by atoms with van der Waals surface area (Å²) in [7, 11) is -0.266. The zero-order valence-electron chi connectivity index (χ0n) is 15.0. The van der Waals surface area contributed by atoms with E-state index >= 15 is 0 Å². The number of hydrogen-bond acceptors (Lipinski definition) is 6. The lowest BCUT2D eigenvalue weighted by atomic mass is 10.2. The van der Waals surface area contributed by atoms with Gasteiger partial charge in [-0.3, -0.25) is 4.79 Å². The van der Waals surface area contributed by atoms with Gasteiger partial charge in [-0.1, -0.05) is 17.7 Å². The molecule has 1 aliphatic rings. The third kappa shape index (κ3) is 4.01. The molecule has 1 saturated heterocycles. The standard InChI is InChI=1S/C17H21ClN4O4S/c1-21(2)10-15(23)20-11-6-7-22(9-11)27(25,26)14-5-3-4-12-16(14)13(18)8-19-17(12)24/h3-5,8,11H,6-7,9-10H2,1-2H3,(H,19,24)(H,20,23)/t11-/m0/s1. The molecule has 1 fully saturated rings. The van der Waals surface area contributed by atoms with Crippen LogP contribution in [0, 0.1) is 0 Å². The fraction of sp³-hybridized carbons (Fsp3) is 0.412. The van der Waals surface area contributed by atoms with E-state index in [2.05, 4.69) is 10.3 Å².